The average Bonchev–Trinajstić information content (AvgIpc) is 3.35. The maximum atomic E-state index is 14.0. The third-order valence-corrected chi connectivity index (χ3v) is 8.19. The number of thiazole rings is 1. The maximum Gasteiger partial charge on any atom is 0.338 e. The second-order valence-corrected chi connectivity index (χ2v) is 10.2. The number of allylic oxidation sites excluding steroid dienone is 1. The number of carbonyl (C=O) groups is 2. The standard InChI is InChI=1S/C27H25N3O4S2/c1-5-29-19-10-8-7-9-18(19)21(24(29)31)23-25(32)30-22(16-11-13-17(35-4)14-12-16)20(26(33)34-6-2)15(3)28-27(30)36-23/h7-14,22H,5-6H2,1-4H3/b23-21+/t22-/m0/s1. The number of likely N-dealkylation sites (N-methyl/N-ethyl adjacent to an activating group) is 1. The van der Waals surface area contributed by atoms with E-state index in [1.807, 2.05) is 61.7 Å². The van der Waals surface area contributed by atoms with Gasteiger partial charge in [-0.2, -0.15) is 0 Å². The lowest BCUT2D eigenvalue weighted by atomic mass is 9.96. The molecule has 0 aliphatic carbocycles. The van der Waals surface area contributed by atoms with Gasteiger partial charge in [0.05, 0.1) is 35.2 Å². The molecule has 0 fully saturated rings. The van der Waals surface area contributed by atoms with Gasteiger partial charge in [0.25, 0.3) is 11.5 Å². The molecule has 3 heterocycles. The van der Waals surface area contributed by atoms with Crippen LogP contribution in [-0.4, -0.2) is 35.9 Å². The first-order valence-electron chi connectivity index (χ1n) is 11.7. The summed E-state index contributed by atoms with van der Waals surface area (Å²) in [5, 5.41) is 0. The van der Waals surface area contributed by atoms with E-state index in [-0.39, 0.29) is 18.1 Å². The number of hydrogen-bond donors (Lipinski definition) is 0. The summed E-state index contributed by atoms with van der Waals surface area (Å²) in [6, 6.07) is 14.6. The first-order valence-corrected chi connectivity index (χ1v) is 13.7. The van der Waals surface area contributed by atoms with Gasteiger partial charge in [-0.1, -0.05) is 41.7 Å². The Kier molecular flexibility index (Phi) is 6.44. The SMILES string of the molecule is CCOC(=O)C1=C(C)N=c2s/c(=C3/C(=O)N(CC)c4ccccc43)c(=O)n2[C@H]1c1ccc(SC)cc1. The van der Waals surface area contributed by atoms with Gasteiger partial charge in [-0.15, -0.1) is 11.8 Å². The summed E-state index contributed by atoms with van der Waals surface area (Å²) in [5.41, 5.74) is 3.16. The Balaban J connectivity index is 1.81. The van der Waals surface area contributed by atoms with Gasteiger partial charge in [0.15, 0.2) is 4.80 Å². The zero-order chi connectivity index (χ0) is 25.6. The molecule has 0 bridgehead atoms. The van der Waals surface area contributed by atoms with Crippen LogP contribution in [-0.2, 0) is 14.3 Å². The fourth-order valence-corrected chi connectivity index (χ4v) is 6.30. The van der Waals surface area contributed by atoms with Crippen molar-refractivity contribution < 1.29 is 14.3 Å². The molecule has 2 aromatic carbocycles. The number of carbonyl (C=O) groups excluding carboxylic acids is 2. The molecule has 184 valence electrons. The molecule has 0 N–H and O–H groups in total. The third-order valence-electron chi connectivity index (χ3n) is 6.39. The highest BCUT2D eigenvalue weighted by Crippen LogP contribution is 2.35. The number of anilines is 1. The Bertz CT molecular complexity index is 1600. The molecule has 1 amide bonds. The zero-order valence-corrected chi connectivity index (χ0v) is 22.0. The normalized spacial score (nSPS) is 18.2. The van der Waals surface area contributed by atoms with Crippen LogP contribution in [0, 0.1) is 0 Å². The van der Waals surface area contributed by atoms with Gasteiger partial charge in [0.1, 0.15) is 4.53 Å². The predicted octanol–water partition coefficient (Wildman–Crippen LogP) is 3.26. The van der Waals surface area contributed by atoms with Gasteiger partial charge in [-0.25, -0.2) is 9.79 Å². The van der Waals surface area contributed by atoms with Crippen LogP contribution in [0.15, 0.2) is 74.5 Å². The van der Waals surface area contributed by atoms with E-state index in [0.29, 0.717) is 32.7 Å². The minimum Gasteiger partial charge on any atom is -0.463 e. The van der Waals surface area contributed by atoms with Crippen LogP contribution in [0.5, 0.6) is 0 Å². The first-order chi connectivity index (χ1) is 17.4. The third kappa shape index (κ3) is 3.74. The molecule has 1 aromatic heterocycles. The molecule has 0 saturated heterocycles. The van der Waals surface area contributed by atoms with Gasteiger partial charge in [0, 0.05) is 17.0 Å². The molecule has 3 aromatic rings. The number of fused-ring (bicyclic) bond motifs is 2. The Morgan fingerprint density at radius 2 is 1.83 bits per heavy atom. The predicted molar refractivity (Wildman–Crippen MR) is 142 cm³/mol. The van der Waals surface area contributed by atoms with Crippen molar-refractivity contribution in [3.05, 3.63) is 90.6 Å². The molecule has 1 atom stereocenters. The Morgan fingerprint density at radius 3 is 2.50 bits per heavy atom. The van der Waals surface area contributed by atoms with Crippen molar-refractivity contribution in [2.24, 2.45) is 4.99 Å². The summed E-state index contributed by atoms with van der Waals surface area (Å²) in [6.07, 6.45) is 1.99. The van der Waals surface area contributed by atoms with Crippen LogP contribution >= 0.6 is 23.1 Å². The van der Waals surface area contributed by atoms with Crippen LogP contribution < -0.4 is 19.8 Å². The minimum absolute atomic E-state index is 0.203. The highest BCUT2D eigenvalue weighted by molar-refractivity contribution is 7.98. The molecule has 5 rings (SSSR count). The molecule has 0 unspecified atom stereocenters. The van der Waals surface area contributed by atoms with Gasteiger partial charge in [0.2, 0.25) is 0 Å². The number of hydrogen-bond acceptors (Lipinski definition) is 7. The molecular formula is C27H25N3O4S2. The van der Waals surface area contributed by atoms with E-state index in [0.717, 1.165) is 21.7 Å². The number of aromatic nitrogens is 1. The fourth-order valence-electron chi connectivity index (χ4n) is 4.76. The van der Waals surface area contributed by atoms with Crippen molar-refractivity contribution in [3.63, 3.8) is 0 Å². The Hall–Kier alpha value is -3.43. The molecule has 0 spiro atoms. The Labute approximate surface area is 216 Å². The summed E-state index contributed by atoms with van der Waals surface area (Å²) >= 11 is 2.80. The second kappa shape index (κ2) is 9.55. The van der Waals surface area contributed by atoms with Crippen molar-refractivity contribution in [1.82, 2.24) is 4.57 Å². The van der Waals surface area contributed by atoms with Gasteiger partial charge >= 0.3 is 5.97 Å². The Morgan fingerprint density at radius 1 is 1.11 bits per heavy atom. The first kappa shape index (κ1) is 24.3. The van der Waals surface area contributed by atoms with Crippen molar-refractivity contribution in [2.75, 3.05) is 24.3 Å². The summed E-state index contributed by atoms with van der Waals surface area (Å²) in [6.45, 7) is 6.11. The average molecular weight is 520 g/mol. The number of esters is 1. The molecule has 36 heavy (non-hydrogen) atoms. The van der Waals surface area contributed by atoms with E-state index in [4.69, 9.17) is 4.74 Å². The number of thioether (sulfide) groups is 1. The highest BCUT2D eigenvalue weighted by Gasteiger charge is 2.36. The van der Waals surface area contributed by atoms with Gasteiger partial charge < -0.3 is 9.64 Å². The van der Waals surface area contributed by atoms with E-state index < -0.39 is 12.0 Å². The number of ether oxygens (including phenoxy) is 1. The van der Waals surface area contributed by atoms with E-state index in [2.05, 4.69) is 4.99 Å². The van der Waals surface area contributed by atoms with Crippen LogP contribution in [0.1, 0.15) is 37.9 Å². The van der Waals surface area contributed by atoms with Crippen LogP contribution in [0.4, 0.5) is 5.69 Å². The second-order valence-electron chi connectivity index (χ2n) is 8.34. The van der Waals surface area contributed by atoms with Crippen LogP contribution in [0.3, 0.4) is 0 Å². The van der Waals surface area contributed by atoms with Crippen molar-refractivity contribution >= 4 is 46.2 Å². The number of para-hydroxylation sites is 1. The lowest BCUT2D eigenvalue weighted by Crippen LogP contribution is -2.41. The fraction of sp³-hybridized carbons (Fsp3) is 0.259. The monoisotopic (exact) mass is 519 g/mol. The van der Waals surface area contributed by atoms with Crippen molar-refractivity contribution in [3.8, 4) is 0 Å². The topological polar surface area (TPSA) is 81.0 Å². The molecule has 2 aliphatic rings. The zero-order valence-electron chi connectivity index (χ0n) is 20.4. The van der Waals surface area contributed by atoms with Crippen LogP contribution in [0.25, 0.3) is 5.57 Å². The largest absolute Gasteiger partial charge is 0.463 e. The molecule has 0 saturated carbocycles. The smallest absolute Gasteiger partial charge is 0.338 e. The van der Waals surface area contributed by atoms with E-state index in [1.54, 1.807) is 30.5 Å². The molecular weight excluding hydrogens is 494 g/mol. The van der Waals surface area contributed by atoms with E-state index >= 15 is 0 Å². The summed E-state index contributed by atoms with van der Waals surface area (Å²) in [4.78, 5) is 48.4. The summed E-state index contributed by atoms with van der Waals surface area (Å²) < 4.78 is 7.22. The molecule has 7 nitrogen and oxygen atoms in total. The van der Waals surface area contributed by atoms with Crippen molar-refractivity contribution in [2.45, 2.75) is 31.7 Å². The number of benzene rings is 2. The van der Waals surface area contributed by atoms with E-state index in [9.17, 15) is 14.4 Å². The maximum absolute atomic E-state index is 14.0. The number of rotatable bonds is 5. The molecule has 0 radical (unpaired) electrons. The van der Waals surface area contributed by atoms with Gasteiger partial charge in [-0.05, 0) is 50.8 Å². The lowest BCUT2D eigenvalue weighted by Gasteiger charge is -2.24. The van der Waals surface area contributed by atoms with E-state index in [1.165, 1.54) is 15.9 Å². The van der Waals surface area contributed by atoms with Crippen LogP contribution in [0.2, 0.25) is 0 Å². The summed E-state index contributed by atoms with van der Waals surface area (Å²) in [5.74, 6) is -0.707. The molecule has 2 aliphatic heterocycles. The minimum atomic E-state index is -0.709. The molecule has 9 heteroatoms. The number of amides is 1. The lowest BCUT2D eigenvalue weighted by molar-refractivity contribution is -0.139. The highest BCUT2D eigenvalue weighted by atomic mass is 32.2. The quantitative estimate of drug-likeness (QED) is 0.382. The number of nitrogens with zero attached hydrogens (tertiary/aromatic N) is 3. The summed E-state index contributed by atoms with van der Waals surface area (Å²) in [7, 11) is 0. The van der Waals surface area contributed by atoms with Crippen molar-refractivity contribution in [1.29, 1.82) is 0 Å². The van der Waals surface area contributed by atoms with Gasteiger partial charge in [-0.3, -0.25) is 14.2 Å².